The minimum atomic E-state index is 0.433. The fourth-order valence-corrected chi connectivity index (χ4v) is 2.90. The molecule has 0 saturated heterocycles. The molecular formula is C13H16N2S. The fraction of sp³-hybridized carbons (Fsp3) is 0.462. The molecule has 2 rings (SSSR count). The Balaban J connectivity index is 1.96. The van der Waals surface area contributed by atoms with Gasteiger partial charge >= 0.3 is 0 Å². The van der Waals surface area contributed by atoms with E-state index in [2.05, 4.69) is 17.6 Å². The SMILES string of the molecule is CSC1(CNc2cccc(C#N)c2)CCC1. The van der Waals surface area contributed by atoms with E-state index >= 15 is 0 Å². The summed E-state index contributed by atoms with van der Waals surface area (Å²) in [7, 11) is 0. The van der Waals surface area contributed by atoms with E-state index in [0.717, 1.165) is 17.8 Å². The van der Waals surface area contributed by atoms with Crippen molar-refractivity contribution in [2.75, 3.05) is 18.1 Å². The Hall–Kier alpha value is -1.14. The molecule has 2 nitrogen and oxygen atoms in total. The summed E-state index contributed by atoms with van der Waals surface area (Å²) in [6.45, 7) is 1.00. The Morgan fingerprint density at radius 1 is 1.50 bits per heavy atom. The lowest BCUT2D eigenvalue weighted by molar-refractivity contribution is 0.380. The smallest absolute Gasteiger partial charge is 0.0992 e. The van der Waals surface area contributed by atoms with Gasteiger partial charge in [0, 0.05) is 17.0 Å². The van der Waals surface area contributed by atoms with E-state index in [1.165, 1.54) is 19.3 Å². The van der Waals surface area contributed by atoms with Crippen LogP contribution in [-0.4, -0.2) is 17.5 Å². The Kier molecular flexibility index (Phi) is 3.40. The van der Waals surface area contributed by atoms with Crippen LogP contribution in [0.3, 0.4) is 0 Å². The second-order valence-corrected chi connectivity index (χ2v) is 5.56. The lowest BCUT2D eigenvalue weighted by Gasteiger charge is -2.40. The minimum absolute atomic E-state index is 0.433. The van der Waals surface area contributed by atoms with Gasteiger partial charge in [0.05, 0.1) is 11.6 Å². The molecule has 1 aromatic rings. The second-order valence-electron chi connectivity index (χ2n) is 4.29. The standard InChI is InChI=1S/C13H16N2S/c1-16-13(6-3-7-13)10-15-12-5-2-4-11(8-12)9-14/h2,4-5,8,15H,3,6-7,10H2,1H3. The summed E-state index contributed by atoms with van der Waals surface area (Å²) >= 11 is 1.96. The van der Waals surface area contributed by atoms with Crippen molar-refractivity contribution < 1.29 is 0 Å². The van der Waals surface area contributed by atoms with Crippen molar-refractivity contribution in [2.45, 2.75) is 24.0 Å². The van der Waals surface area contributed by atoms with Crippen molar-refractivity contribution in [3.63, 3.8) is 0 Å². The summed E-state index contributed by atoms with van der Waals surface area (Å²) in [6, 6.07) is 9.85. The minimum Gasteiger partial charge on any atom is -0.384 e. The maximum atomic E-state index is 8.81. The third kappa shape index (κ3) is 2.33. The molecule has 16 heavy (non-hydrogen) atoms. The van der Waals surface area contributed by atoms with Crippen LogP contribution in [0.15, 0.2) is 24.3 Å². The second kappa shape index (κ2) is 4.80. The molecule has 3 heteroatoms. The molecule has 0 aromatic heterocycles. The van der Waals surface area contributed by atoms with Crippen molar-refractivity contribution >= 4 is 17.4 Å². The first-order valence-corrected chi connectivity index (χ1v) is 6.80. The number of rotatable bonds is 4. The Morgan fingerprint density at radius 2 is 2.31 bits per heavy atom. The molecular weight excluding hydrogens is 216 g/mol. The number of hydrogen-bond acceptors (Lipinski definition) is 3. The number of hydrogen-bond donors (Lipinski definition) is 1. The highest BCUT2D eigenvalue weighted by atomic mass is 32.2. The molecule has 84 valence electrons. The van der Waals surface area contributed by atoms with Crippen LogP contribution in [0.4, 0.5) is 5.69 Å². The normalized spacial score (nSPS) is 17.2. The van der Waals surface area contributed by atoms with Gasteiger partial charge in [-0.15, -0.1) is 0 Å². The van der Waals surface area contributed by atoms with E-state index < -0.39 is 0 Å². The average Bonchev–Trinajstić information content (AvgIpc) is 2.29. The van der Waals surface area contributed by atoms with Crippen molar-refractivity contribution in [3.8, 4) is 6.07 Å². The largest absolute Gasteiger partial charge is 0.384 e. The van der Waals surface area contributed by atoms with Crippen molar-refractivity contribution in [2.24, 2.45) is 0 Å². The van der Waals surface area contributed by atoms with E-state index in [1.807, 2.05) is 36.0 Å². The first kappa shape index (κ1) is 11.3. The number of anilines is 1. The van der Waals surface area contributed by atoms with Crippen LogP contribution in [0.25, 0.3) is 0 Å². The van der Waals surface area contributed by atoms with Gasteiger partial charge in [-0.05, 0) is 37.3 Å². The van der Waals surface area contributed by atoms with E-state index in [-0.39, 0.29) is 0 Å². The molecule has 0 radical (unpaired) electrons. The quantitative estimate of drug-likeness (QED) is 0.865. The molecule has 0 bridgehead atoms. The summed E-state index contributed by atoms with van der Waals surface area (Å²) in [5.74, 6) is 0. The van der Waals surface area contributed by atoms with Gasteiger partial charge in [-0.25, -0.2) is 0 Å². The number of nitrogens with zero attached hydrogens (tertiary/aromatic N) is 1. The van der Waals surface area contributed by atoms with Crippen LogP contribution in [0.1, 0.15) is 24.8 Å². The summed E-state index contributed by atoms with van der Waals surface area (Å²) < 4.78 is 0.433. The molecule has 1 aromatic carbocycles. The molecule has 0 spiro atoms. The number of benzene rings is 1. The molecule has 1 aliphatic rings. The zero-order valence-electron chi connectivity index (χ0n) is 9.49. The predicted octanol–water partition coefficient (Wildman–Crippen LogP) is 3.26. The maximum absolute atomic E-state index is 8.81. The number of nitriles is 1. The highest BCUT2D eigenvalue weighted by Crippen LogP contribution is 2.42. The Morgan fingerprint density at radius 3 is 2.88 bits per heavy atom. The predicted molar refractivity (Wildman–Crippen MR) is 69.7 cm³/mol. The van der Waals surface area contributed by atoms with E-state index in [4.69, 9.17) is 5.26 Å². The van der Waals surface area contributed by atoms with Gasteiger partial charge in [0.15, 0.2) is 0 Å². The molecule has 0 heterocycles. The third-order valence-corrected chi connectivity index (χ3v) is 4.72. The molecule has 0 atom stereocenters. The average molecular weight is 232 g/mol. The lowest BCUT2D eigenvalue weighted by atomic mass is 9.84. The summed E-state index contributed by atoms with van der Waals surface area (Å²) in [6.07, 6.45) is 6.14. The van der Waals surface area contributed by atoms with Gasteiger partial charge in [0.2, 0.25) is 0 Å². The zero-order valence-corrected chi connectivity index (χ0v) is 10.3. The third-order valence-electron chi connectivity index (χ3n) is 3.30. The summed E-state index contributed by atoms with van der Waals surface area (Å²) in [4.78, 5) is 0. The van der Waals surface area contributed by atoms with E-state index in [0.29, 0.717) is 4.75 Å². The topological polar surface area (TPSA) is 35.8 Å². The van der Waals surface area contributed by atoms with Gasteiger partial charge in [0.25, 0.3) is 0 Å². The summed E-state index contributed by atoms with van der Waals surface area (Å²) in [5.41, 5.74) is 1.77. The Bertz CT molecular complexity index is 399. The zero-order chi connectivity index (χ0) is 11.4. The monoisotopic (exact) mass is 232 g/mol. The Labute approximate surface area is 101 Å². The van der Waals surface area contributed by atoms with Crippen LogP contribution in [0, 0.1) is 11.3 Å². The van der Waals surface area contributed by atoms with Crippen LogP contribution >= 0.6 is 11.8 Å². The molecule has 0 amide bonds. The van der Waals surface area contributed by atoms with Crippen molar-refractivity contribution in [3.05, 3.63) is 29.8 Å². The van der Waals surface area contributed by atoms with Gasteiger partial charge < -0.3 is 5.32 Å². The lowest BCUT2D eigenvalue weighted by Crippen LogP contribution is -2.40. The highest BCUT2D eigenvalue weighted by molar-refractivity contribution is 8.00. The summed E-state index contributed by atoms with van der Waals surface area (Å²) in [5, 5.41) is 12.3. The van der Waals surface area contributed by atoms with Crippen LogP contribution in [0.5, 0.6) is 0 Å². The maximum Gasteiger partial charge on any atom is 0.0992 e. The van der Waals surface area contributed by atoms with Crippen molar-refractivity contribution in [1.82, 2.24) is 0 Å². The van der Waals surface area contributed by atoms with Gasteiger partial charge in [-0.2, -0.15) is 17.0 Å². The highest BCUT2D eigenvalue weighted by Gasteiger charge is 2.35. The molecule has 0 aliphatic heterocycles. The molecule has 1 N–H and O–H groups in total. The number of thioether (sulfide) groups is 1. The number of nitrogens with one attached hydrogen (secondary N) is 1. The van der Waals surface area contributed by atoms with Crippen LogP contribution < -0.4 is 5.32 Å². The molecule has 0 unspecified atom stereocenters. The molecule has 1 saturated carbocycles. The first-order chi connectivity index (χ1) is 7.78. The van der Waals surface area contributed by atoms with Crippen molar-refractivity contribution in [1.29, 1.82) is 5.26 Å². The van der Waals surface area contributed by atoms with Gasteiger partial charge in [-0.3, -0.25) is 0 Å². The molecule has 1 aliphatic carbocycles. The van der Waals surface area contributed by atoms with E-state index in [9.17, 15) is 0 Å². The van der Waals surface area contributed by atoms with Crippen LogP contribution in [-0.2, 0) is 0 Å². The van der Waals surface area contributed by atoms with Crippen LogP contribution in [0.2, 0.25) is 0 Å². The first-order valence-electron chi connectivity index (χ1n) is 5.57. The van der Waals surface area contributed by atoms with E-state index in [1.54, 1.807) is 0 Å². The molecule has 1 fully saturated rings. The van der Waals surface area contributed by atoms with Gasteiger partial charge in [-0.1, -0.05) is 12.5 Å². The van der Waals surface area contributed by atoms with Gasteiger partial charge in [0.1, 0.15) is 0 Å². The fourth-order valence-electron chi connectivity index (χ4n) is 1.99.